The molecule has 0 unspecified atom stereocenters. The topological polar surface area (TPSA) is 97.6 Å². The number of nitrogens with zero attached hydrogens (tertiary/aromatic N) is 4. The molecule has 2 aromatic heterocycles. The third-order valence-corrected chi connectivity index (χ3v) is 5.88. The fraction of sp³-hybridized carbons (Fsp3) is 0.250. The van der Waals surface area contributed by atoms with Gasteiger partial charge in [-0.25, -0.2) is 4.98 Å². The summed E-state index contributed by atoms with van der Waals surface area (Å²) in [5.41, 5.74) is 9.13. The molecule has 1 aromatic carbocycles. The third-order valence-electron chi connectivity index (χ3n) is 5.88. The molecule has 4 rings (SSSR count). The van der Waals surface area contributed by atoms with Crippen LogP contribution >= 0.6 is 0 Å². The van der Waals surface area contributed by atoms with E-state index < -0.39 is 11.3 Å². The molecule has 1 amide bonds. The second-order valence-corrected chi connectivity index (χ2v) is 7.69. The summed E-state index contributed by atoms with van der Waals surface area (Å²) in [7, 11) is 1.85. The lowest BCUT2D eigenvalue weighted by molar-refractivity contribution is -0.114. The highest BCUT2D eigenvalue weighted by atomic mass is 16.1. The second-order valence-electron chi connectivity index (χ2n) is 7.69. The molecule has 0 bridgehead atoms. The van der Waals surface area contributed by atoms with Crippen molar-refractivity contribution in [3.05, 3.63) is 77.8 Å². The molecular formula is C24H23N5O. The van der Waals surface area contributed by atoms with Crippen LogP contribution in [0.4, 0.5) is 0 Å². The zero-order chi connectivity index (χ0) is 21.1. The van der Waals surface area contributed by atoms with Crippen LogP contribution in [0.25, 0.3) is 16.8 Å². The Morgan fingerprint density at radius 2 is 1.87 bits per heavy atom. The Balaban J connectivity index is 1.97. The fourth-order valence-electron chi connectivity index (χ4n) is 4.55. The molecule has 6 heteroatoms. The lowest BCUT2D eigenvalue weighted by Crippen LogP contribution is -2.29. The molecule has 0 aliphatic heterocycles. The number of carbonyl (C=O) groups is 1. The fourth-order valence-corrected chi connectivity index (χ4v) is 4.55. The number of aryl methyl sites for hydroxylation is 1. The molecule has 0 saturated heterocycles. The van der Waals surface area contributed by atoms with Gasteiger partial charge in [0.05, 0.1) is 17.6 Å². The van der Waals surface area contributed by atoms with Crippen LogP contribution in [0, 0.1) is 11.3 Å². The van der Waals surface area contributed by atoms with Gasteiger partial charge >= 0.3 is 0 Å². The summed E-state index contributed by atoms with van der Waals surface area (Å²) in [4.78, 5) is 17.2. The molecule has 3 aromatic rings. The van der Waals surface area contributed by atoms with Crippen LogP contribution < -0.4 is 5.73 Å². The molecule has 1 aliphatic rings. The van der Waals surface area contributed by atoms with Crippen LogP contribution in [-0.4, -0.2) is 20.7 Å². The molecule has 0 spiro atoms. The van der Waals surface area contributed by atoms with E-state index in [1.165, 1.54) is 0 Å². The standard InChI is InChI=1S/C24H23N5O/c1-29-16-17(15-27-29)20-10-7-11-21(28-20)22(19(14-25)23(26)30)24(12-5-6-13-24)18-8-3-2-4-9-18/h2-4,7-11,15-16H,5-6,12-13H2,1H3,(H2,26,30)/b22-19-. The lowest BCUT2D eigenvalue weighted by atomic mass is 9.69. The van der Waals surface area contributed by atoms with Crippen molar-refractivity contribution < 1.29 is 4.79 Å². The van der Waals surface area contributed by atoms with E-state index in [9.17, 15) is 10.1 Å². The number of nitriles is 1. The first-order chi connectivity index (χ1) is 14.5. The summed E-state index contributed by atoms with van der Waals surface area (Å²) in [5, 5.41) is 14.1. The Hall–Kier alpha value is -3.72. The van der Waals surface area contributed by atoms with Gasteiger partial charge in [0.2, 0.25) is 0 Å². The van der Waals surface area contributed by atoms with Crippen LogP contribution in [0.15, 0.2) is 66.5 Å². The van der Waals surface area contributed by atoms with E-state index in [1.54, 1.807) is 10.9 Å². The Bertz CT molecular complexity index is 1150. The molecule has 1 saturated carbocycles. The van der Waals surface area contributed by atoms with Crippen LogP contribution in [0.3, 0.4) is 0 Å². The van der Waals surface area contributed by atoms with Gasteiger partial charge in [-0.15, -0.1) is 0 Å². The van der Waals surface area contributed by atoms with Crippen LogP contribution in [0.2, 0.25) is 0 Å². The van der Waals surface area contributed by atoms with Gasteiger partial charge < -0.3 is 5.73 Å². The number of hydrogen-bond acceptors (Lipinski definition) is 4. The van der Waals surface area contributed by atoms with Crippen molar-refractivity contribution in [1.29, 1.82) is 5.26 Å². The van der Waals surface area contributed by atoms with Gasteiger partial charge in [-0.1, -0.05) is 49.2 Å². The highest BCUT2D eigenvalue weighted by Crippen LogP contribution is 2.51. The summed E-state index contributed by atoms with van der Waals surface area (Å²) in [5.74, 6) is -0.719. The smallest absolute Gasteiger partial charge is 0.259 e. The minimum Gasteiger partial charge on any atom is -0.365 e. The average Bonchev–Trinajstić information content (AvgIpc) is 3.42. The Morgan fingerprint density at radius 1 is 1.13 bits per heavy atom. The van der Waals surface area contributed by atoms with E-state index in [0.717, 1.165) is 42.5 Å². The zero-order valence-corrected chi connectivity index (χ0v) is 16.9. The number of amides is 1. The van der Waals surface area contributed by atoms with E-state index in [1.807, 2.05) is 49.6 Å². The number of nitrogens with two attached hydrogens (primary N) is 1. The van der Waals surface area contributed by atoms with Crippen molar-refractivity contribution in [2.45, 2.75) is 31.1 Å². The number of pyridine rings is 1. The van der Waals surface area contributed by atoms with Crippen LogP contribution in [0.5, 0.6) is 0 Å². The third kappa shape index (κ3) is 3.39. The lowest BCUT2D eigenvalue weighted by Gasteiger charge is -2.33. The molecular weight excluding hydrogens is 374 g/mol. The van der Waals surface area contributed by atoms with Crippen molar-refractivity contribution in [2.75, 3.05) is 0 Å². The van der Waals surface area contributed by atoms with E-state index in [0.29, 0.717) is 11.3 Å². The van der Waals surface area contributed by atoms with Gasteiger partial charge in [-0.2, -0.15) is 10.4 Å². The normalized spacial score (nSPS) is 16.0. The molecule has 6 nitrogen and oxygen atoms in total. The van der Waals surface area contributed by atoms with Gasteiger partial charge in [0, 0.05) is 29.8 Å². The Morgan fingerprint density at radius 3 is 2.47 bits per heavy atom. The molecule has 30 heavy (non-hydrogen) atoms. The maximum Gasteiger partial charge on any atom is 0.259 e. The minimum absolute atomic E-state index is 0.0170. The van der Waals surface area contributed by atoms with Gasteiger partial charge in [-0.3, -0.25) is 9.48 Å². The summed E-state index contributed by atoms with van der Waals surface area (Å²) >= 11 is 0. The number of aromatic nitrogens is 3. The Kier molecular flexibility index (Phi) is 5.20. The minimum atomic E-state index is -0.719. The Labute approximate surface area is 175 Å². The van der Waals surface area contributed by atoms with Crippen molar-refractivity contribution in [3.8, 4) is 17.3 Å². The summed E-state index contributed by atoms with van der Waals surface area (Å²) < 4.78 is 1.72. The molecule has 1 aliphatic carbocycles. The quantitative estimate of drug-likeness (QED) is 0.523. The number of allylic oxidation sites excluding steroid dienone is 1. The largest absolute Gasteiger partial charge is 0.365 e. The van der Waals surface area contributed by atoms with E-state index in [2.05, 4.69) is 23.3 Å². The van der Waals surface area contributed by atoms with Crippen molar-refractivity contribution in [1.82, 2.24) is 14.8 Å². The van der Waals surface area contributed by atoms with Gasteiger partial charge in [0.25, 0.3) is 5.91 Å². The average molecular weight is 397 g/mol. The molecule has 2 heterocycles. The highest BCUT2D eigenvalue weighted by Gasteiger charge is 2.42. The van der Waals surface area contributed by atoms with Gasteiger partial charge in [0.15, 0.2) is 0 Å². The summed E-state index contributed by atoms with van der Waals surface area (Å²) in [6.07, 6.45) is 7.33. The van der Waals surface area contributed by atoms with Crippen molar-refractivity contribution in [3.63, 3.8) is 0 Å². The number of rotatable bonds is 5. The van der Waals surface area contributed by atoms with Crippen LogP contribution in [0.1, 0.15) is 36.9 Å². The monoisotopic (exact) mass is 397 g/mol. The first-order valence-electron chi connectivity index (χ1n) is 10.0. The number of hydrogen-bond donors (Lipinski definition) is 1. The van der Waals surface area contributed by atoms with E-state index in [-0.39, 0.29) is 5.57 Å². The first kappa shape index (κ1) is 19.6. The predicted octanol–water partition coefficient (Wildman–Crippen LogP) is 3.76. The number of benzene rings is 1. The molecule has 2 N–H and O–H groups in total. The van der Waals surface area contributed by atoms with Crippen molar-refractivity contribution in [2.24, 2.45) is 12.8 Å². The number of carbonyl (C=O) groups excluding carboxylic acids is 1. The SMILES string of the molecule is Cn1cc(-c2cccc(/C(=C(\C#N)C(N)=O)C3(c4ccccc4)CCCC3)n2)cn1. The molecule has 0 radical (unpaired) electrons. The molecule has 150 valence electrons. The van der Waals surface area contributed by atoms with Crippen LogP contribution in [-0.2, 0) is 17.3 Å². The van der Waals surface area contributed by atoms with E-state index >= 15 is 0 Å². The van der Waals surface area contributed by atoms with Gasteiger partial charge in [-0.05, 0) is 30.5 Å². The maximum atomic E-state index is 12.3. The zero-order valence-electron chi connectivity index (χ0n) is 16.9. The highest BCUT2D eigenvalue weighted by molar-refractivity contribution is 6.05. The van der Waals surface area contributed by atoms with E-state index in [4.69, 9.17) is 10.7 Å². The summed E-state index contributed by atoms with van der Waals surface area (Å²) in [6.45, 7) is 0. The predicted molar refractivity (Wildman–Crippen MR) is 115 cm³/mol. The second kappa shape index (κ2) is 7.96. The number of primary amides is 1. The maximum absolute atomic E-state index is 12.3. The molecule has 1 fully saturated rings. The summed E-state index contributed by atoms with van der Waals surface area (Å²) in [6, 6.07) is 17.8. The van der Waals surface area contributed by atoms with Crippen molar-refractivity contribution >= 4 is 11.5 Å². The molecule has 0 atom stereocenters. The first-order valence-corrected chi connectivity index (χ1v) is 10.0. The van der Waals surface area contributed by atoms with Gasteiger partial charge in [0.1, 0.15) is 11.6 Å².